The van der Waals surface area contributed by atoms with Crippen molar-refractivity contribution in [2.24, 2.45) is 11.8 Å². The van der Waals surface area contributed by atoms with E-state index >= 15 is 0 Å². The van der Waals surface area contributed by atoms with Gasteiger partial charge in [0.05, 0.1) is 12.5 Å². The summed E-state index contributed by atoms with van der Waals surface area (Å²) >= 11 is 0. The van der Waals surface area contributed by atoms with Gasteiger partial charge in [-0.05, 0) is 31.6 Å². The molecule has 0 bridgehead atoms. The van der Waals surface area contributed by atoms with Crippen LogP contribution < -0.4 is 5.32 Å². The van der Waals surface area contributed by atoms with Crippen LogP contribution in [0.15, 0.2) is 0 Å². The molecule has 2 fully saturated rings. The van der Waals surface area contributed by atoms with Gasteiger partial charge in [0.2, 0.25) is 11.8 Å². The summed E-state index contributed by atoms with van der Waals surface area (Å²) in [6.07, 6.45) is 6.39. The summed E-state index contributed by atoms with van der Waals surface area (Å²) in [7, 11) is 0. The fourth-order valence-corrected chi connectivity index (χ4v) is 3.64. The summed E-state index contributed by atoms with van der Waals surface area (Å²) in [6, 6.07) is 0.0708. The molecule has 5 heteroatoms. The smallest absolute Gasteiger partial charge is 0.225 e. The molecule has 2 amide bonds. The van der Waals surface area contributed by atoms with Gasteiger partial charge in [-0.15, -0.1) is 0 Å². The molecule has 2 aliphatic rings. The number of amides is 2. The van der Waals surface area contributed by atoms with Crippen molar-refractivity contribution in [3.8, 4) is 0 Å². The lowest BCUT2D eigenvalue weighted by Crippen LogP contribution is -2.51. The van der Waals surface area contributed by atoms with Crippen molar-refractivity contribution >= 4 is 11.8 Å². The van der Waals surface area contributed by atoms with Crippen LogP contribution in [0.4, 0.5) is 0 Å². The molecule has 0 aromatic rings. The molecule has 5 nitrogen and oxygen atoms in total. The summed E-state index contributed by atoms with van der Waals surface area (Å²) in [5, 5.41) is 2.99. The number of hydrogen-bond acceptors (Lipinski definition) is 3. The molecule has 2 atom stereocenters. The maximum Gasteiger partial charge on any atom is 0.225 e. The van der Waals surface area contributed by atoms with Crippen LogP contribution in [0.5, 0.6) is 0 Å². The number of hydrogen-bond donors (Lipinski definition) is 1. The van der Waals surface area contributed by atoms with Gasteiger partial charge in [0.25, 0.3) is 0 Å². The van der Waals surface area contributed by atoms with Gasteiger partial charge >= 0.3 is 0 Å². The summed E-state index contributed by atoms with van der Waals surface area (Å²) in [5.41, 5.74) is 0. The molecule has 0 aromatic heterocycles. The summed E-state index contributed by atoms with van der Waals surface area (Å²) in [5.74, 6) is 0.783. The number of nitrogens with zero attached hydrogens (tertiary/aromatic N) is 1. The van der Waals surface area contributed by atoms with E-state index in [9.17, 15) is 9.59 Å². The molecule has 0 unspecified atom stereocenters. The SMILES string of the molecule is CC(C)CCC(=O)N1CCCOCCNC(=O)[C@@H]2CCCC[C@@H]21. The Labute approximate surface area is 140 Å². The fourth-order valence-electron chi connectivity index (χ4n) is 3.64. The third-order valence-electron chi connectivity index (χ3n) is 4.96. The molecule has 1 saturated carbocycles. The molecule has 1 aliphatic heterocycles. The maximum atomic E-state index is 12.8. The predicted molar refractivity (Wildman–Crippen MR) is 90.0 cm³/mol. The van der Waals surface area contributed by atoms with E-state index in [1.54, 1.807) is 0 Å². The molecule has 1 heterocycles. The highest BCUT2D eigenvalue weighted by atomic mass is 16.5. The summed E-state index contributed by atoms with van der Waals surface area (Å²) in [4.78, 5) is 27.3. The lowest BCUT2D eigenvalue weighted by molar-refractivity contribution is -0.139. The van der Waals surface area contributed by atoms with Crippen molar-refractivity contribution in [3.05, 3.63) is 0 Å². The van der Waals surface area contributed by atoms with Gasteiger partial charge in [-0.1, -0.05) is 26.7 Å². The van der Waals surface area contributed by atoms with Crippen LogP contribution in [-0.4, -0.2) is 49.1 Å². The second-order valence-electron chi connectivity index (χ2n) is 7.23. The number of carbonyl (C=O) groups is 2. The largest absolute Gasteiger partial charge is 0.380 e. The summed E-state index contributed by atoms with van der Waals surface area (Å²) < 4.78 is 5.54. The Bertz CT molecular complexity index is 398. The molecular weight excluding hydrogens is 292 g/mol. The van der Waals surface area contributed by atoms with E-state index in [0.717, 1.165) is 38.5 Å². The highest BCUT2D eigenvalue weighted by Crippen LogP contribution is 2.30. The average Bonchev–Trinajstić information content (AvgIpc) is 2.58. The Morgan fingerprint density at radius 2 is 2.04 bits per heavy atom. The van der Waals surface area contributed by atoms with Crippen LogP contribution in [0.25, 0.3) is 0 Å². The minimum absolute atomic E-state index is 0.0511. The van der Waals surface area contributed by atoms with Gasteiger partial charge in [0.1, 0.15) is 0 Å². The first-order chi connectivity index (χ1) is 11.1. The topological polar surface area (TPSA) is 58.6 Å². The van der Waals surface area contributed by atoms with Crippen LogP contribution >= 0.6 is 0 Å². The molecule has 23 heavy (non-hydrogen) atoms. The van der Waals surface area contributed by atoms with Crippen LogP contribution in [-0.2, 0) is 14.3 Å². The quantitative estimate of drug-likeness (QED) is 0.867. The number of ether oxygens (including phenoxy) is 1. The Morgan fingerprint density at radius 1 is 1.26 bits per heavy atom. The fraction of sp³-hybridized carbons (Fsp3) is 0.889. The normalized spacial score (nSPS) is 27.1. The molecule has 132 valence electrons. The Morgan fingerprint density at radius 3 is 2.83 bits per heavy atom. The third kappa shape index (κ3) is 5.48. The number of rotatable bonds is 3. The van der Waals surface area contributed by atoms with E-state index in [2.05, 4.69) is 19.2 Å². The van der Waals surface area contributed by atoms with Crippen molar-refractivity contribution < 1.29 is 14.3 Å². The number of carbonyl (C=O) groups excluding carboxylic acids is 2. The number of nitrogens with one attached hydrogen (secondary N) is 1. The van der Waals surface area contributed by atoms with Crippen molar-refractivity contribution in [1.82, 2.24) is 10.2 Å². The van der Waals surface area contributed by atoms with Gasteiger partial charge in [-0.3, -0.25) is 9.59 Å². The molecule has 0 spiro atoms. The lowest BCUT2D eigenvalue weighted by Gasteiger charge is -2.39. The molecule has 2 rings (SSSR count). The first-order valence-electron chi connectivity index (χ1n) is 9.24. The zero-order valence-electron chi connectivity index (χ0n) is 14.7. The zero-order valence-corrected chi connectivity index (χ0v) is 14.7. The molecule has 0 radical (unpaired) electrons. The molecule has 0 aromatic carbocycles. The van der Waals surface area contributed by atoms with Crippen LogP contribution in [0.1, 0.15) is 58.8 Å². The molecule has 1 N–H and O–H groups in total. The average molecular weight is 324 g/mol. The van der Waals surface area contributed by atoms with Crippen LogP contribution in [0, 0.1) is 11.8 Å². The van der Waals surface area contributed by atoms with Crippen LogP contribution in [0.2, 0.25) is 0 Å². The second-order valence-corrected chi connectivity index (χ2v) is 7.23. The minimum Gasteiger partial charge on any atom is -0.380 e. The standard InChI is InChI=1S/C18H32N2O3/c1-14(2)8-9-17(21)20-11-5-12-23-13-10-19-18(22)15-6-3-4-7-16(15)20/h14-16H,3-13H2,1-2H3,(H,19,22)/t15-,16+/m1/s1. The highest BCUT2D eigenvalue weighted by Gasteiger charge is 2.36. The monoisotopic (exact) mass is 324 g/mol. The first-order valence-corrected chi connectivity index (χ1v) is 9.24. The summed E-state index contributed by atoms with van der Waals surface area (Å²) in [6.45, 7) is 6.79. The van der Waals surface area contributed by atoms with E-state index in [4.69, 9.17) is 4.74 Å². The predicted octanol–water partition coefficient (Wildman–Crippen LogP) is 2.35. The lowest BCUT2D eigenvalue weighted by atomic mass is 9.82. The molecular formula is C18H32N2O3. The Hall–Kier alpha value is -1.10. The van der Waals surface area contributed by atoms with E-state index in [-0.39, 0.29) is 23.8 Å². The van der Waals surface area contributed by atoms with Gasteiger partial charge in [-0.2, -0.15) is 0 Å². The first kappa shape index (κ1) is 18.2. The van der Waals surface area contributed by atoms with Crippen molar-refractivity contribution in [2.75, 3.05) is 26.3 Å². The van der Waals surface area contributed by atoms with Crippen molar-refractivity contribution in [3.63, 3.8) is 0 Å². The minimum atomic E-state index is -0.0511. The molecule has 1 saturated heterocycles. The van der Waals surface area contributed by atoms with Gasteiger partial charge < -0.3 is 15.0 Å². The van der Waals surface area contributed by atoms with Gasteiger partial charge in [-0.25, -0.2) is 0 Å². The number of fused-ring (bicyclic) bond motifs is 1. The van der Waals surface area contributed by atoms with E-state index in [1.165, 1.54) is 0 Å². The third-order valence-corrected chi connectivity index (χ3v) is 4.96. The Balaban J connectivity index is 2.11. The van der Waals surface area contributed by atoms with Gasteiger partial charge in [0.15, 0.2) is 0 Å². The zero-order chi connectivity index (χ0) is 16.7. The van der Waals surface area contributed by atoms with E-state index < -0.39 is 0 Å². The Kier molecular flexibility index (Phi) is 7.34. The van der Waals surface area contributed by atoms with Crippen molar-refractivity contribution in [1.29, 1.82) is 0 Å². The van der Waals surface area contributed by atoms with Gasteiger partial charge in [0, 0.05) is 32.2 Å². The maximum absolute atomic E-state index is 12.8. The second kappa shape index (κ2) is 9.26. The molecule has 1 aliphatic carbocycles. The van der Waals surface area contributed by atoms with E-state index in [1.807, 2.05) is 4.90 Å². The van der Waals surface area contributed by atoms with Crippen molar-refractivity contribution in [2.45, 2.75) is 64.8 Å². The highest BCUT2D eigenvalue weighted by molar-refractivity contribution is 5.82. The van der Waals surface area contributed by atoms with Crippen LogP contribution in [0.3, 0.4) is 0 Å². The van der Waals surface area contributed by atoms with E-state index in [0.29, 0.717) is 38.6 Å².